The molecule has 20 heavy (non-hydrogen) atoms. The SMILES string of the molecule is NC(=S)c1cccc(S(=O)(=O)NCC2COCCO2)c1. The van der Waals surface area contributed by atoms with Gasteiger partial charge in [-0.3, -0.25) is 0 Å². The van der Waals surface area contributed by atoms with Gasteiger partial charge in [-0.1, -0.05) is 24.4 Å². The van der Waals surface area contributed by atoms with Crippen molar-refractivity contribution >= 4 is 27.2 Å². The number of nitrogens with one attached hydrogen (secondary N) is 1. The zero-order valence-corrected chi connectivity index (χ0v) is 12.4. The van der Waals surface area contributed by atoms with E-state index in [1.807, 2.05) is 0 Å². The predicted octanol–water partition coefficient (Wildman–Crippen LogP) is 0.0145. The highest BCUT2D eigenvalue weighted by Gasteiger charge is 2.20. The molecule has 1 aliphatic rings. The fourth-order valence-corrected chi connectivity index (χ4v) is 3.00. The molecule has 2 rings (SSSR count). The smallest absolute Gasteiger partial charge is 0.240 e. The molecule has 1 atom stereocenters. The highest BCUT2D eigenvalue weighted by molar-refractivity contribution is 7.89. The molecule has 1 unspecified atom stereocenters. The van der Waals surface area contributed by atoms with E-state index in [4.69, 9.17) is 27.4 Å². The fourth-order valence-electron chi connectivity index (χ4n) is 1.76. The van der Waals surface area contributed by atoms with Crippen LogP contribution >= 0.6 is 12.2 Å². The van der Waals surface area contributed by atoms with Crippen LogP contribution in [-0.2, 0) is 19.5 Å². The van der Waals surface area contributed by atoms with E-state index in [1.165, 1.54) is 12.1 Å². The van der Waals surface area contributed by atoms with Gasteiger partial charge >= 0.3 is 0 Å². The molecule has 1 heterocycles. The van der Waals surface area contributed by atoms with Crippen molar-refractivity contribution in [2.45, 2.75) is 11.0 Å². The van der Waals surface area contributed by atoms with Gasteiger partial charge < -0.3 is 15.2 Å². The summed E-state index contributed by atoms with van der Waals surface area (Å²) in [6.45, 7) is 1.57. The van der Waals surface area contributed by atoms with Gasteiger partial charge in [0.2, 0.25) is 10.0 Å². The first-order chi connectivity index (χ1) is 9.49. The van der Waals surface area contributed by atoms with Gasteiger partial charge in [0.05, 0.1) is 30.8 Å². The second kappa shape index (κ2) is 6.59. The summed E-state index contributed by atoms with van der Waals surface area (Å²) in [6, 6.07) is 6.20. The molecule has 1 aromatic rings. The first-order valence-corrected chi connectivity index (χ1v) is 7.97. The van der Waals surface area contributed by atoms with Crippen LogP contribution in [0.3, 0.4) is 0 Å². The molecule has 6 nitrogen and oxygen atoms in total. The van der Waals surface area contributed by atoms with Gasteiger partial charge in [0, 0.05) is 12.1 Å². The summed E-state index contributed by atoms with van der Waals surface area (Å²) < 4.78 is 37.4. The van der Waals surface area contributed by atoms with E-state index < -0.39 is 10.0 Å². The van der Waals surface area contributed by atoms with E-state index in [9.17, 15) is 8.42 Å². The Kier molecular flexibility index (Phi) is 5.06. The van der Waals surface area contributed by atoms with Crippen molar-refractivity contribution in [3.05, 3.63) is 29.8 Å². The molecule has 1 aromatic carbocycles. The Morgan fingerprint density at radius 2 is 2.25 bits per heavy atom. The Hall–Kier alpha value is -1.06. The summed E-state index contributed by atoms with van der Waals surface area (Å²) in [5, 5.41) is 0. The van der Waals surface area contributed by atoms with Gasteiger partial charge in [-0.15, -0.1) is 0 Å². The Morgan fingerprint density at radius 1 is 1.45 bits per heavy atom. The van der Waals surface area contributed by atoms with E-state index in [1.54, 1.807) is 12.1 Å². The molecule has 1 fully saturated rings. The van der Waals surface area contributed by atoms with Crippen LogP contribution in [0.5, 0.6) is 0 Å². The molecule has 0 aromatic heterocycles. The molecule has 8 heteroatoms. The summed E-state index contributed by atoms with van der Waals surface area (Å²) in [7, 11) is -3.62. The van der Waals surface area contributed by atoms with Crippen LogP contribution in [0.2, 0.25) is 0 Å². The van der Waals surface area contributed by atoms with Gasteiger partial charge in [-0.2, -0.15) is 0 Å². The zero-order chi connectivity index (χ0) is 14.6. The van der Waals surface area contributed by atoms with Gasteiger partial charge in [0.25, 0.3) is 0 Å². The average molecular weight is 316 g/mol. The number of sulfonamides is 1. The Morgan fingerprint density at radius 3 is 2.90 bits per heavy atom. The van der Waals surface area contributed by atoms with Gasteiger partial charge in [-0.05, 0) is 12.1 Å². The average Bonchev–Trinajstić information content (AvgIpc) is 2.46. The molecule has 3 N–H and O–H groups in total. The van der Waals surface area contributed by atoms with Crippen molar-refractivity contribution in [1.29, 1.82) is 0 Å². The first kappa shape index (κ1) is 15.3. The lowest BCUT2D eigenvalue weighted by Gasteiger charge is -2.23. The maximum atomic E-state index is 12.2. The van der Waals surface area contributed by atoms with E-state index in [2.05, 4.69) is 4.72 Å². The molecule has 0 spiro atoms. The van der Waals surface area contributed by atoms with Crippen LogP contribution in [0.15, 0.2) is 29.2 Å². The molecule has 0 aliphatic carbocycles. The molecular weight excluding hydrogens is 300 g/mol. The zero-order valence-electron chi connectivity index (χ0n) is 10.7. The lowest BCUT2D eigenvalue weighted by Crippen LogP contribution is -2.39. The van der Waals surface area contributed by atoms with E-state index in [0.29, 0.717) is 25.4 Å². The van der Waals surface area contributed by atoms with E-state index in [-0.39, 0.29) is 22.5 Å². The summed E-state index contributed by atoms with van der Waals surface area (Å²) in [6.07, 6.45) is -0.266. The van der Waals surface area contributed by atoms with Crippen molar-refractivity contribution in [3.63, 3.8) is 0 Å². The number of ether oxygens (including phenoxy) is 2. The topological polar surface area (TPSA) is 90.7 Å². The predicted molar refractivity (Wildman–Crippen MR) is 78.1 cm³/mol. The minimum atomic E-state index is -3.62. The van der Waals surface area contributed by atoms with Gasteiger partial charge in [0.15, 0.2) is 0 Å². The van der Waals surface area contributed by atoms with Crippen LogP contribution in [0.25, 0.3) is 0 Å². The Bertz CT molecular complexity index is 583. The summed E-state index contributed by atoms with van der Waals surface area (Å²) in [4.78, 5) is 0.283. The third-order valence-corrected chi connectivity index (χ3v) is 4.47. The van der Waals surface area contributed by atoms with Crippen LogP contribution in [0, 0.1) is 0 Å². The normalized spacial score (nSPS) is 19.7. The van der Waals surface area contributed by atoms with Crippen LogP contribution in [-0.4, -0.2) is 45.9 Å². The minimum absolute atomic E-state index is 0.125. The number of thiocarbonyl (C=S) groups is 1. The number of benzene rings is 1. The quantitative estimate of drug-likeness (QED) is 0.744. The molecule has 110 valence electrons. The number of hydrogen-bond donors (Lipinski definition) is 2. The number of hydrogen-bond acceptors (Lipinski definition) is 5. The Labute approximate surface area is 123 Å². The van der Waals surface area contributed by atoms with E-state index >= 15 is 0 Å². The highest BCUT2D eigenvalue weighted by Crippen LogP contribution is 2.12. The molecule has 1 saturated heterocycles. The number of nitrogens with two attached hydrogens (primary N) is 1. The lowest BCUT2D eigenvalue weighted by atomic mass is 10.2. The van der Waals surface area contributed by atoms with Crippen LogP contribution in [0.4, 0.5) is 0 Å². The molecule has 1 aliphatic heterocycles. The van der Waals surface area contributed by atoms with Crippen molar-refractivity contribution in [3.8, 4) is 0 Å². The fraction of sp³-hybridized carbons (Fsp3) is 0.417. The molecular formula is C12H16N2O4S2. The third-order valence-electron chi connectivity index (χ3n) is 2.81. The first-order valence-electron chi connectivity index (χ1n) is 6.08. The van der Waals surface area contributed by atoms with Crippen molar-refractivity contribution in [1.82, 2.24) is 4.72 Å². The van der Waals surface area contributed by atoms with Crippen molar-refractivity contribution in [2.24, 2.45) is 5.73 Å². The third kappa shape index (κ3) is 3.97. The maximum absolute atomic E-state index is 12.2. The molecule has 0 bridgehead atoms. The van der Waals surface area contributed by atoms with Crippen molar-refractivity contribution in [2.75, 3.05) is 26.4 Å². The standard InChI is InChI=1S/C12H16N2O4S2/c13-12(19)9-2-1-3-11(6-9)20(15,16)14-7-10-8-17-4-5-18-10/h1-3,6,10,14H,4-5,7-8H2,(H2,13,19). The van der Waals surface area contributed by atoms with E-state index in [0.717, 1.165) is 0 Å². The lowest BCUT2D eigenvalue weighted by molar-refractivity contribution is -0.0846. The van der Waals surface area contributed by atoms with Crippen molar-refractivity contribution < 1.29 is 17.9 Å². The highest BCUT2D eigenvalue weighted by atomic mass is 32.2. The monoisotopic (exact) mass is 316 g/mol. The second-order valence-corrected chi connectivity index (χ2v) is 6.52. The van der Waals surface area contributed by atoms with Gasteiger partial charge in [0.1, 0.15) is 4.99 Å². The van der Waals surface area contributed by atoms with Crippen LogP contribution < -0.4 is 10.5 Å². The molecule has 0 radical (unpaired) electrons. The summed E-state index contributed by atoms with van der Waals surface area (Å²) in [5.74, 6) is 0. The van der Waals surface area contributed by atoms with Gasteiger partial charge in [-0.25, -0.2) is 13.1 Å². The summed E-state index contributed by atoms with van der Waals surface area (Å²) in [5.41, 5.74) is 6.01. The molecule has 0 saturated carbocycles. The minimum Gasteiger partial charge on any atom is -0.389 e. The molecule has 0 amide bonds. The largest absolute Gasteiger partial charge is 0.389 e. The maximum Gasteiger partial charge on any atom is 0.240 e. The second-order valence-electron chi connectivity index (χ2n) is 4.31. The summed E-state index contributed by atoms with van der Waals surface area (Å²) >= 11 is 4.84. The number of rotatable bonds is 5. The van der Waals surface area contributed by atoms with Crippen LogP contribution in [0.1, 0.15) is 5.56 Å². The Balaban J connectivity index is 2.05.